The van der Waals surface area contributed by atoms with Crippen LogP contribution in [-0.4, -0.2) is 14.1 Å². The van der Waals surface area contributed by atoms with Crippen LogP contribution in [0.4, 0.5) is 17.1 Å². The third-order valence-electron chi connectivity index (χ3n) is 13.5. The van der Waals surface area contributed by atoms with Crippen LogP contribution in [-0.2, 0) is 0 Å². The Kier molecular flexibility index (Phi) is 9.80. The molecule has 0 amide bonds. The summed E-state index contributed by atoms with van der Waals surface area (Å²) in [6, 6.07) is 93.8. The Morgan fingerprint density at radius 3 is 1.10 bits per heavy atom. The minimum atomic E-state index is 0.924. The first-order valence-electron chi connectivity index (χ1n) is 23.5. The molecule has 0 saturated carbocycles. The summed E-state index contributed by atoms with van der Waals surface area (Å²) in [4.78, 5) is 7.40. The van der Waals surface area contributed by atoms with E-state index in [2.05, 4.69) is 275 Å². The fourth-order valence-electron chi connectivity index (χ4n) is 10.3. The number of benzene rings is 10. The Hall–Kier alpha value is -9.25. The topological polar surface area (TPSA) is 26.0 Å². The van der Waals surface area contributed by atoms with Gasteiger partial charge >= 0.3 is 0 Å². The van der Waals surface area contributed by atoms with Crippen LogP contribution in [0.1, 0.15) is 0 Å². The fraction of sp³-hybridized carbons (Fsp3) is 0. The first kappa shape index (κ1) is 40.1. The minimum Gasteiger partial charge on any atom is -0.311 e. The molecule has 0 N–H and O–H groups in total. The monoisotopic (exact) mass is 880 g/mol. The summed E-state index contributed by atoms with van der Waals surface area (Å²) in [5.41, 5.74) is 19.1. The molecule has 69 heavy (non-hydrogen) atoms. The van der Waals surface area contributed by atoms with E-state index in [1.165, 1.54) is 43.6 Å². The third kappa shape index (κ3) is 7.14. The number of hydrogen-bond acceptors (Lipinski definition) is 2. The Labute approximate surface area is 400 Å². The second-order valence-electron chi connectivity index (χ2n) is 17.6. The Balaban J connectivity index is 0.927. The largest absolute Gasteiger partial charge is 0.311 e. The Morgan fingerprint density at radius 1 is 0.261 bits per heavy atom. The summed E-state index contributed by atoms with van der Waals surface area (Å²) in [6.07, 6.45) is 2.03. The highest BCUT2D eigenvalue weighted by Crippen LogP contribution is 2.41. The van der Waals surface area contributed by atoms with E-state index in [1.54, 1.807) is 0 Å². The van der Waals surface area contributed by atoms with Crippen LogP contribution in [0.15, 0.2) is 267 Å². The maximum Gasteiger partial charge on any atom is 0.0702 e. The summed E-state index contributed by atoms with van der Waals surface area (Å²) < 4.78 is 4.75. The lowest BCUT2D eigenvalue weighted by molar-refractivity contribution is 1.18. The fourth-order valence-corrected chi connectivity index (χ4v) is 10.3. The highest BCUT2D eigenvalue weighted by atomic mass is 15.1. The SMILES string of the molecule is c1ccc(N(c2ccccc2)c2ccc(-c3ccc(-c4cc(-c5ccc6c(c5)c5ccccc5n6-c5ccccc5)cc(-c5ccc6c(c5)c5ccccc5n6-c5ccccc5)c4)cn3)cc2)cc1. The van der Waals surface area contributed by atoms with E-state index in [-0.39, 0.29) is 0 Å². The third-order valence-corrected chi connectivity index (χ3v) is 13.5. The zero-order valence-corrected chi connectivity index (χ0v) is 37.7. The average molecular weight is 881 g/mol. The van der Waals surface area contributed by atoms with Crippen molar-refractivity contribution in [2.45, 2.75) is 0 Å². The van der Waals surface area contributed by atoms with Crippen molar-refractivity contribution in [3.63, 3.8) is 0 Å². The zero-order valence-electron chi connectivity index (χ0n) is 37.7. The van der Waals surface area contributed by atoms with Gasteiger partial charge in [-0.3, -0.25) is 4.98 Å². The van der Waals surface area contributed by atoms with Gasteiger partial charge in [-0.1, -0.05) is 140 Å². The van der Waals surface area contributed by atoms with Crippen LogP contribution in [0.2, 0.25) is 0 Å². The van der Waals surface area contributed by atoms with Gasteiger partial charge in [0.25, 0.3) is 0 Å². The lowest BCUT2D eigenvalue weighted by Crippen LogP contribution is -2.09. The molecule has 0 spiro atoms. The summed E-state index contributed by atoms with van der Waals surface area (Å²) in [7, 11) is 0. The zero-order chi connectivity index (χ0) is 45.7. The summed E-state index contributed by atoms with van der Waals surface area (Å²) in [5, 5.41) is 4.91. The molecule has 0 aliphatic heterocycles. The van der Waals surface area contributed by atoms with Crippen molar-refractivity contribution in [1.82, 2.24) is 14.1 Å². The molecule has 0 saturated heterocycles. The molecule has 0 aliphatic rings. The normalized spacial score (nSPS) is 11.5. The van der Waals surface area contributed by atoms with Crippen molar-refractivity contribution in [2.75, 3.05) is 4.90 Å². The molecule has 13 rings (SSSR count). The van der Waals surface area contributed by atoms with Gasteiger partial charge in [0.2, 0.25) is 0 Å². The van der Waals surface area contributed by atoms with Crippen molar-refractivity contribution in [3.8, 4) is 56.0 Å². The van der Waals surface area contributed by atoms with E-state index in [9.17, 15) is 0 Å². The molecule has 4 heteroatoms. The lowest BCUT2D eigenvalue weighted by atomic mass is 9.92. The number of rotatable bonds is 9. The number of pyridine rings is 1. The first-order valence-corrected chi connectivity index (χ1v) is 23.5. The van der Waals surface area contributed by atoms with E-state index < -0.39 is 0 Å². The molecule has 13 aromatic rings. The number of aromatic nitrogens is 3. The molecule has 10 aromatic carbocycles. The van der Waals surface area contributed by atoms with E-state index >= 15 is 0 Å². The molecule has 0 unspecified atom stereocenters. The molecule has 3 aromatic heterocycles. The van der Waals surface area contributed by atoms with Gasteiger partial charge in [0.15, 0.2) is 0 Å². The van der Waals surface area contributed by atoms with E-state index in [0.717, 1.165) is 73.1 Å². The Morgan fingerprint density at radius 2 is 0.638 bits per heavy atom. The molecule has 0 radical (unpaired) electrons. The summed E-state index contributed by atoms with van der Waals surface area (Å²) in [5.74, 6) is 0. The van der Waals surface area contributed by atoms with Crippen molar-refractivity contribution in [2.24, 2.45) is 0 Å². The smallest absolute Gasteiger partial charge is 0.0702 e. The number of nitrogens with zero attached hydrogens (tertiary/aromatic N) is 4. The average Bonchev–Trinajstić information content (AvgIpc) is 3.94. The van der Waals surface area contributed by atoms with Crippen LogP contribution in [0, 0.1) is 0 Å². The summed E-state index contributed by atoms with van der Waals surface area (Å²) in [6.45, 7) is 0. The molecular formula is C65H44N4. The molecule has 0 fully saturated rings. The van der Waals surface area contributed by atoms with Gasteiger partial charge in [-0.05, 0) is 149 Å². The van der Waals surface area contributed by atoms with E-state index in [4.69, 9.17) is 4.98 Å². The van der Waals surface area contributed by atoms with Crippen LogP contribution in [0.5, 0.6) is 0 Å². The van der Waals surface area contributed by atoms with Crippen molar-refractivity contribution in [1.29, 1.82) is 0 Å². The van der Waals surface area contributed by atoms with Gasteiger partial charge in [0.05, 0.1) is 27.8 Å². The van der Waals surface area contributed by atoms with Gasteiger partial charge in [0.1, 0.15) is 0 Å². The Bertz CT molecular complexity index is 3750. The van der Waals surface area contributed by atoms with Crippen LogP contribution in [0.25, 0.3) is 99.6 Å². The highest BCUT2D eigenvalue weighted by Gasteiger charge is 2.18. The van der Waals surface area contributed by atoms with Gasteiger partial charge in [-0.2, -0.15) is 0 Å². The van der Waals surface area contributed by atoms with Crippen molar-refractivity contribution >= 4 is 60.7 Å². The van der Waals surface area contributed by atoms with Crippen LogP contribution in [0.3, 0.4) is 0 Å². The number of fused-ring (bicyclic) bond motifs is 6. The van der Waals surface area contributed by atoms with Gasteiger partial charge in [0, 0.05) is 67.3 Å². The van der Waals surface area contributed by atoms with E-state index in [1.807, 2.05) is 6.20 Å². The molecule has 324 valence electrons. The number of hydrogen-bond donors (Lipinski definition) is 0. The highest BCUT2D eigenvalue weighted by molar-refractivity contribution is 6.12. The molecule has 0 bridgehead atoms. The van der Waals surface area contributed by atoms with Crippen molar-refractivity contribution < 1.29 is 0 Å². The van der Waals surface area contributed by atoms with Crippen LogP contribution < -0.4 is 4.90 Å². The molecule has 0 aliphatic carbocycles. The number of anilines is 3. The minimum absolute atomic E-state index is 0.924. The van der Waals surface area contributed by atoms with Gasteiger partial charge in [-0.15, -0.1) is 0 Å². The molecular weight excluding hydrogens is 837 g/mol. The molecule has 0 atom stereocenters. The second-order valence-corrected chi connectivity index (χ2v) is 17.6. The maximum atomic E-state index is 5.12. The lowest BCUT2D eigenvalue weighted by Gasteiger charge is -2.25. The quantitative estimate of drug-likeness (QED) is 0.144. The predicted molar refractivity (Wildman–Crippen MR) is 289 cm³/mol. The van der Waals surface area contributed by atoms with E-state index in [0.29, 0.717) is 0 Å². The maximum absolute atomic E-state index is 5.12. The second kappa shape index (κ2) is 16.9. The number of para-hydroxylation sites is 6. The summed E-state index contributed by atoms with van der Waals surface area (Å²) >= 11 is 0. The molecule has 3 heterocycles. The van der Waals surface area contributed by atoms with Gasteiger partial charge < -0.3 is 14.0 Å². The molecule has 4 nitrogen and oxygen atoms in total. The van der Waals surface area contributed by atoms with Gasteiger partial charge in [-0.25, -0.2) is 0 Å². The standard InChI is InChI=1S/C65H44N4/c1-5-17-52(18-6-1)67(53-19-7-2-8-20-53)56-34-29-45(30-35-56)61-36-31-48(44-66-61)51-40-49(46-32-37-64-59(42-46)57-25-13-15-27-62(57)68(64)54-21-9-3-10-22-54)39-50(41-51)47-33-38-65-60(43-47)58-26-14-16-28-63(58)69(65)55-23-11-4-12-24-55/h1-44H. The van der Waals surface area contributed by atoms with Crippen LogP contribution >= 0.6 is 0 Å². The predicted octanol–water partition coefficient (Wildman–Crippen LogP) is 17.4. The first-order chi connectivity index (χ1) is 34.2. The van der Waals surface area contributed by atoms with Crippen molar-refractivity contribution in [3.05, 3.63) is 267 Å².